The number of nitrogens with one attached hydrogen (secondary N) is 1. The van der Waals surface area contributed by atoms with E-state index in [9.17, 15) is 10.1 Å². The quantitative estimate of drug-likeness (QED) is 0.647. The molecular formula is C12H13N5O2. The number of hydrogen-bond donors (Lipinski definition) is 2. The van der Waals surface area contributed by atoms with E-state index in [1.807, 2.05) is 32.0 Å². The van der Waals surface area contributed by atoms with Gasteiger partial charge in [0.25, 0.3) is 0 Å². The molecule has 0 unspecified atom stereocenters. The largest absolute Gasteiger partial charge is 0.378 e. The van der Waals surface area contributed by atoms with E-state index in [2.05, 4.69) is 15.3 Å². The van der Waals surface area contributed by atoms with Gasteiger partial charge in [-0.3, -0.25) is 10.1 Å². The fraction of sp³-hybridized carbons (Fsp3) is 0.167. The number of nitrogens with two attached hydrogens (primary N) is 1. The number of anilines is 3. The maximum absolute atomic E-state index is 11.0. The monoisotopic (exact) mass is 259 g/mol. The number of nitrogen functional groups attached to an aromatic ring is 1. The molecule has 19 heavy (non-hydrogen) atoms. The van der Waals surface area contributed by atoms with Gasteiger partial charge in [0.2, 0.25) is 11.6 Å². The first-order valence-corrected chi connectivity index (χ1v) is 5.58. The molecule has 2 aromatic rings. The molecule has 0 amide bonds. The van der Waals surface area contributed by atoms with E-state index in [0.717, 1.165) is 16.8 Å². The van der Waals surface area contributed by atoms with E-state index in [-0.39, 0.29) is 17.3 Å². The van der Waals surface area contributed by atoms with E-state index >= 15 is 0 Å². The Kier molecular flexibility index (Phi) is 3.28. The van der Waals surface area contributed by atoms with Crippen molar-refractivity contribution in [3.05, 3.63) is 45.8 Å². The van der Waals surface area contributed by atoms with Gasteiger partial charge in [0.1, 0.15) is 6.33 Å². The molecule has 0 fully saturated rings. The summed E-state index contributed by atoms with van der Waals surface area (Å²) >= 11 is 0. The summed E-state index contributed by atoms with van der Waals surface area (Å²) in [5, 5.41) is 13.9. The number of rotatable bonds is 3. The second-order valence-corrected chi connectivity index (χ2v) is 4.16. The molecule has 0 aliphatic heterocycles. The van der Waals surface area contributed by atoms with Crippen LogP contribution in [0.2, 0.25) is 0 Å². The van der Waals surface area contributed by atoms with Crippen LogP contribution in [0.3, 0.4) is 0 Å². The van der Waals surface area contributed by atoms with Crippen LogP contribution in [0.15, 0.2) is 24.5 Å². The lowest BCUT2D eigenvalue weighted by atomic mass is 10.1. The molecule has 0 aliphatic rings. The molecule has 0 spiro atoms. The van der Waals surface area contributed by atoms with E-state index < -0.39 is 4.92 Å². The average molecular weight is 259 g/mol. The lowest BCUT2D eigenvalue weighted by molar-refractivity contribution is -0.383. The second kappa shape index (κ2) is 4.89. The van der Waals surface area contributed by atoms with Crippen LogP contribution in [0.5, 0.6) is 0 Å². The molecule has 1 aromatic carbocycles. The molecule has 7 nitrogen and oxygen atoms in total. The molecular weight excluding hydrogens is 246 g/mol. The molecule has 98 valence electrons. The average Bonchev–Trinajstić information content (AvgIpc) is 2.32. The predicted octanol–water partition coefficient (Wildman–Crippen LogP) is 2.33. The van der Waals surface area contributed by atoms with Gasteiger partial charge in [-0.25, -0.2) is 9.97 Å². The number of nitrogens with zero attached hydrogens (tertiary/aromatic N) is 3. The van der Waals surface area contributed by atoms with Gasteiger partial charge in [0.05, 0.1) is 4.92 Å². The van der Waals surface area contributed by atoms with Gasteiger partial charge in [-0.2, -0.15) is 0 Å². The topological polar surface area (TPSA) is 107 Å². The van der Waals surface area contributed by atoms with Crippen LogP contribution in [0.25, 0.3) is 0 Å². The lowest BCUT2D eigenvalue weighted by Crippen LogP contribution is -2.05. The zero-order valence-electron chi connectivity index (χ0n) is 10.5. The smallest absolute Gasteiger partial charge is 0.353 e. The summed E-state index contributed by atoms with van der Waals surface area (Å²) in [7, 11) is 0. The van der Waals surface area contributed by atoms with Crippen LogP contribution in [0.1, 0.15) is 11.1 Å². The molecule has 7 heteroatoms. The maximum Gasteiger partial charge on any atom is 0.353 e. The van der Waals surface area contributed by atoms with Crippen molar-refractivity contribution in [2.45, 2.75) is 13.8 Å². The van der Waals surface area contributed by atoms with Crippen LogP contribution in [-0.2, 0) is 0 Å². The van der Waals surface area contributed by atoms with Gasteiger partial charge in [-0.15, -0.1) is 0 Å². The minimum atomic E-state index is -0.596. The summed E-state index contributed by atoms with van der Waals surface area (Å²) < 4.78 is 0. The van der Waals surface area contributed by atoms with E-state index in [1.54, 1.807) is 0 Å². The van der Waals surface area contributed by atoms with Crippen LogP contribution in [0, 0.1) is 24.0 Å². The van der Waals surface area contributed by atoms with Crippen molar-refractivity contribution in [1.29, 1.82) is 0 Å². The zero-order valence-corrected chi connectivity index (χ0v) is 10.5. The Morgan fingerprint density at radius 1 is 1.32 bits per heavy atom. The number of nitro groups is 1. The van der Waals surface area contributed by atoms with Crippen molar-refractivity contribution in [3.8, 4) is 0 Å². The van der Waals surface area contributed by atoms with Crippen LogP contribution in [-0.4, -0.2) is 14.9 Å². The Balaban J connectivity index is 2.44. The Bertz CT molecular complexity index is 642. The number of benzene rings is 1. The van der Waals surface area contributed by atoms with Crippen LogP contribution in [0.4, 0.5) is 23.0 Å². The van der Waals surface area contributed by atoms with Gasteiger partial charge in [0.15, 0.2) is 0 Å². The second-order valence-electron chi connectivity index (χ2n) is 4.16. The molecule has 0 radical (unpaired) electrons. The highest BCUT2D eigenvalue weighted by molar-refractivity contribution is 5.73. The van der Waals surface area contributed by atoms with Crippen LogP contribution >= 0.6 is 0 Å². The van der Waals surface area contributed by atoms with Crippen molar-refractivity contribution in [3.63, 3.8) is 0 Å². The Morgan fingerprint density at radius 3 is 2.68 bits per heavy atom. The zero-order chi connectivity index (χ0) is 14.0. The van der Waals surface area contributed by atoms with E-state index in [1.165, 1.54) is 6.33 Å². The SMILES string of the molecule is Cc1ccc(Nc2ncnc(N)c2[N+](=O)[O-])c(C)c1. The van der Waals surface area contributed by atoms with Crippen molar-refractivity contribution in [2.75, 3.05) is 11.1 Å². The van der Waals surface area contributed by atoms with Crippen LogP contribution < -0.4 is 11.1 Å². The van der Waals surface area contributed by atoms with Gasteiger partial charge >= 0.3 is 5.69 Å². The number of hydrogen-bond acceptors (Lipinski definition) is 6. The summed E-state index contributed by atoms with van der Waals surface area (Å²) in [5.41, 5.74) is 8.01. The summed E-state index contributed by atoms with van der Waals surface area (Å²) in [6, 6.07) is 5.72. The highest BCUT2D eigenvalue weighted by Gasteiger charge is 2.21. The summed E-state index contributed by atoms with van der Waals surface area (Å²) in [6.07, 6.45) is 1.19. The Hall–Kier alpha value is -2.70. The first-order valence-electron chi connectivity index (χ1n) is 5.58. The van der Waals surface area contributed by atoms with Gasteiger partial charge in [-0.1, -0.05) is 17.7 Å². The molecule has 0 saturated heterocycles. The molecule has 1 heterocycles. The maximum atomic E-state index is 11.0. The fourth-order valence-corrected chi connectivity index (χ4v) is 1.75. The first-order chi connectivity index (χ1) is 8.99. The number of aromatic nitrogens is 2. The summed E-state index contributed by atoms with van der Waals surface area (Å²) in [6.45, 7) is 3.88. The van der Waals surface area contributed by atoms with Gasteiger partial charge in [-0.05, 0) is 25.5 Å². The minimum Gasteiger partial charge on any atom is -0.378 e. The molecule has 0 atom stereocenters. The van der Waals surface area contributed by atoms with Crippen molar-refractivity contribution >= 4 is 23.0 Å². The third-order valence-corrected chi connectivity index (χ3v) is 2.67. The minimum absolute atomic E-state index is 0.0875. The molecule has 0 saturated carbocycles. The third-order valence-electron chi connectivity index (χ3n) is 2.67. The fourth-order valence-electron chi connectivity index (χ4n) is 1.75. The predicted molar refractivity (Wildman–Crippen MR) is 72.3 cm³/mol. The van der Waals surface area contributed by atoms with Crippen molar-refractivity contribution in [2.24, 2.45) is 0 Å². The normalized spacial score (nSPS) is 10.2. The van der Waals surface area contributed by atoms with Crippen molar-refractivity contribution in [1.82, 2.24) is 9.97 Å². The first kappa shape index (κ1) is 12.7. The number of aryl methyl sites for hydroxylation is 2. The summed E-state index contributed by atoms with van der Waals surface area (Å²) in [4.78, 5) is 17.9. The highest BCUT2D eigenvalue weighted by Crippen LogP contribution is 2.30. The molecule has 1 aromatic heterocycles. The Labute approximate surface area is 109 Å². The summed E-state index contributed by atoms with van der Waals surface area (Å²) in [5.74, 6) is -0.0725. The Morgan fingerprint density at radius 2 is 2.05 bits per heavy atom. The molecule has 2 rings (SSSR count). The molecule has 0 aliphatic carbocycles. The van der Waals surface area contributed by atoms with Gasteiger partial charge < -0.3 is 11.1 Å². The lowest BCUT2D eigenvalue weighted by Gasteiger charge is -2.10. The van der Waals surface area contributed by atoms with Crippen molar-refractivity contribution < 1.29 is 4.92 Å². The third kappa shape index (κ3) is 2.59. The highest BCUT2D eigenvalue weighted by atomic mass is 16.6. The van der Waals surface area contributed by atoms with E-state index in [0.29, 0.717) is 0 Å². The van der Waals surface area contributed by atoms with E-state index in [4.69, 9.17) is 5.73 Å². The standard InChI is InChI=1S/C12H13N5O2/c1-7-3-4-9(8(2)5-7)16-12-10(17(18)19)11(13)14-6-15-12/h3-6H,1-2H3,(H3,13,14,15,16). The molecule has 0 bridgehead atoms. The van der Waals surface area contributed by atoms with Gasteiger partial charge in [0, 0.05) is 5.69 Å². The molecule has 3 N–H and O–H groups in total.